The Morgan fingerprint density at radius 3 is 2.33 bits per heavy atom. The summed E-state index contributed by atoms with van der Waals surface area (Å²) >= 11 is 0. The minimum absolute atomic E-state index is 0.165. The van der Waals surface area contributed by atoms with E-state index >= 15 is 0 Å². The largest absolute Gasteiger partial charge is 0.497 e. The molecule has 0 unspecified atom stereocenters. The maximum absolute atomic E-state index is 12.9. The molecule has 0 saturated heterocycles. The molecule has 2 aromatic rings. The van der Waals surface area contributed by atoms with Gasteiger partial charge in [0.1, 0.15) is 5.75 Å². The molecule has 0 saturated carbocycles. The third-order valence-corrected chi connectivity index (χ3v) is 4.32. The predicted octanol–water partition coefficient (Wildman–Crippen LogP) is 3.00. The molecule has 0 aliphatic rings. The van der Waals surface area contributed by atoms with E-state index in [9.17, 15) is 9.59 Å². The molecule has 2 aromatic carbocycles. The Balaban J connectivity index is 2.19. The van der Waals surface area contributed by atoms with Gasteiger partial charge in [-0.2, -0.15) is 0 Å². The first kappa shape index (κ1) is 20.5. The minimum Gasteiger partial charge on any atom is -0.497 e. The lowest BCUT2D eigenvalue weighted by Crippen LogP contribution is -2.40. The molecule has 0 radical (unpaired) electrons. The fourth-order valence-corrected chi connectivity index (χ4v) is 2.70. The molecular weight excluding hydrogens is 342 g/mol. The van der Waals surface area contributed by atoms with Crippen LogP contribution in [0.5, 0.6) is 5.75 Å². The van der Waals surface area contributed by atoms with Crippen molar-refractivity contribution in [2.75, 3.05) is 32.6 Å². The molecule has 0 spiro atoms. The van der Waals surface area contributed by atoms with Crippen LogP contribution in [-0.4, -0.2) is 44.0 Å². The van der Waals surface area contributed by atoms with Crippen molar-refractivity contribution in [1.82, 2.24) is 4.90 Å². The van der Waals surface area contributed by atoms with Gasteiger partial charge < -0.3 is 20.7 Å². The Hall–Kier alpha value is -2.86. The van der Waals surface area contributed by atoms with Gasteiger partial charge in [-0.15, -0.1) is 0 Å². The van der Waals surface area contributed by atoms with Crippen LogP contribution >= 0.6 is 0 Å². The zero-order chi connectivity index (χ0) is 20.0. The van der Waals surface area contributed by atoms with Gasteiger partial charge in [-0.1, -0.05) is 26.0 Å². The van der Waals surface area contributed by atoms with Crippen LogP contribution in [0.25, 0.3) is 0 Å². The van der Waals surface area contributed by atoms with Crippen LogP contribution < -0.4 is 15.8 Å². The number of methoxy groups -OCH3 is 1. The quantitative estimate of drug-likeness (QED) is 0.786. The first-order valence-corrected chi connectivity index (χ1v) is 8.77. The average Bonchev–Trinajstić information content (AvgIpc) is 2.67. The van der Waals surface area contributed by atoms with Gasteiger partial charge in [0.2, 0.25) is 0 Å². The van der Waals surface area contributed by atoms with E-state index in [1.165, 1.54) is 0 Å². The van der Waals surface area contributed by atoms with Crippen molar-refractivity contribution in [3.8, 4) is 5.75 Å². The summed E-state index contributed by atoms with van der Waals surface area (Å²) in [6.45, 7) is 5.01. The molecule has 27 heavy (non-hydrogen) atoms. The van der Waals surface area contributed by atoms with Crippen LogP contribution in [0.15, 0.2) is 48.5 Å². The van der Waals surface area contributed by atoms with Crippen LogP contribution in [-0.2, 0) is 0 Å². The first-order valence-electron chi connectivity index (χ1n) is 8.77. The molecule has 0 bridgehead atoms. The van der Waals surface area contributed by atoms with Crippen molar-refractivity contribution < 1.29 is 14.3 Å². The van der Waals surface area contributed by atoms with Crippen LogP contribution in [0.2, 0.25) is 0 Å². The highest BCUT2D eigenvalue weighted by Crippen LogP contribution is 2.21. The number of anilines is 1. The van der Waals surface area contributed by atoms with Crippen molar-refractivity contribution in [3.05, 3.63) is 59.7 Å². The Labute approximate surface area is 160 Å². The highest BCUT2D eigenvalue weighted by molar-refractivity contribution is 6.09. The summed E-state index contributed by atoms with van der Waals surface area (Å²) < 4.78 is 5.10. The van der Waals surface area contributed by atoms with Crippen molar-refractivity contribution in [2.45, 2.75) is 13.8 Å². The molecule has 0 aliphatic carbocycles. The molecule has 0 heterocycles. The number of rotatable bonds is 7. The smallest absolute Gasteiger partial charge is 0.255 e. The zero-order valence-corrected chi connectivity index (χ0v) is 16.3. The van der Waals surface area contributed by atoms with Gasteiger partial charge in [0.25, 0.3) is 11.8 Å². The minimum atomic E-state index is -0.289. The van der Waals surface area contributed by atoms with E-state index in [1.807, 2.05) is 13.8 Å². The average molecular weight is 369 g/mol. The highest BCUT2D eigenvalue weighted by atomic mass is 16.5. The van der Waals surface area contributed by atoms with E-state index in [-0.39, 0.29) is 17.2 Å². The van der Waals surface area contributed by atoms with E-state index in [0.717, 1.165) is 0 Å². The lowest BCUT2D eigenvalue weighted by molar-refractivity contribution is 0.0741. The molecule has 2 rings (SSSR count). The van der Waals surface area contributed by atoms with Gasteiger partial charge >= 0.3 is 0 Å². The van der Waals surface area contributed by atoms with Gasteiger partial charge in [-0.25, -0.2) is 0 Å². The summed E-state index contributed by atoms with van der Waals surface area (Å²) in [6, 6.07) is 13.8. The van der Waals surface area contributed by atoms with Crippen molar-refractivity contribution in [3.63, 3.8) is 0 Å². The number of nitrogens with two attached hydrogens (primary N) is 1. The highest BCUT2D eigenvalue weighted by Gasteiger charge is 2.23. The third-order valence-electron chi connectivity index (χ3n) is 4.32. The van der Waals surface area contributed by atoms with Crippen LogP contribution in [0.3, 0.4) is 0 Å². The Morgan fingerprint density at radius 1 is 1.11 bits per heavy atom. The Kier molecular flexibility index (Phi) is 6.58. The molecular formula is C21H27N3O3. The fourth-order valence-electron chi connectivity index (χ4n) is 2.70. The molecule has 0 aromatic heterocycles. The molecule has 144 valence electrons. The van der Waals surface area contributed by atoms with Crippen molar-refractivity contribution in [1.29, 1.82) is 0 Å². The molecule has 0 aliphatic heterocycles. The van der Waals surface area contributed by atoms with Crippen LogP contribution in [0.1, 0.15) is 34.6 Å². The summed E-state index contributed by atoms with van der Waals surface area (Å²) in [5.74, 6) is 0.219. The SMILES string of the molecule is COc1ccc(C(=O)Nc2ccccc2C(=O)N(C)CC(C)(C)CN)cc1. The number of hydrogen-bond donors (Lipinski definition) is 2. The zero-order valence-electron chi connectivity index (χ0n) is 16.3. The number of nitrogens with zero attached hydrogens (tertiary/aromatic N) is 1. The van der Waals surface area contributed by atoms with Crippen LogP contribution in [0, 0.1) is 5.41 Å². The van der Waals surface area contributed by atoms with Gasteiger partial charge in [0, 0.05) is 19.2 Å². The topological polar surface area (TPSA) is 84.7 Å². The number of para-hydroxylation sites is 1. The number of ether oxygens (including phenoxy) is 1. The summed E-state index contributed by atoms with van der Waals surface area (Å²) in [7, 11) is 3.31. The lowest BCUT2D eigenvalue weighted by Gasteiger charge is -2.29. The van der Waals surface area contributed by atoms with E-state index < -0.39 is 0 Å². The second-order valence-corrected chi connectivity index (χ2v) is 7.26. The molecule has 3 N–H and O–H groups in total. The van der Waals surface area contributed by atoms with E-state index in [4.69, 9.17) is 10.5 Å². The summed E-state index contributed by atoms with van der Waals surface area (Å²) in [6.07, 6.45) is 0. The number of carbonyl (C=O) groups excluding carboxylic acids is 2. The second-order valence-electron chi connectivity index (χ2n) is 7.26. The maximum atomic E-state index is 12.9. The number of carbonyl (C=O) groups is 2. The lowest BCUT2D eigenvalue weighted by atomic mass is 9.93. The monoisotopic (exact) mass is 369 g/mol. The fraction of sp³-hybridized carbons (Fsp3) is 0.333. The molecule has 0 fully saturated rings. The number of hydrogen-bond acceptors (Lipinski definition) is 4. The summed E-state index contributed by atoms with van der Waals surface area (Å²) in [5.41, 5.74) is 6.98. The normalized spacial score (nSPS) is 11.0. The number of amides is 2. The molecule has 2 amide bonds. The van der Waals surface area contributed by atoms with E-state index in [1.54, 1.807) is 67.6 Å². The molecule has 6 heteroatoms. The van der Waals surface area contributed by atoms with Crippen molar-refractivity contribution in [2.24, 2.45) is 11.1 Å². The van der Waals surface area contributed by atoms with Gasteiger partial charge in [-0.3, -0.25) is 9.59 Å². The second kappa shape index (κ2) is 8.68. The first-order chi connectivity index (χ1) is 12.8. The van der Waals surface area contributed by atoms with Crippen molar-refractivity contribution >= 4 is 17.5 Å². The van der Waals surface area contributed by atoms with E-state index in [2.05, 4.69) is 5.32 Å². The molecule has 6 nitrogen and oxygen atoms in total. The number of benzene rings is 2. The maximum Gasteiger partial charge on any atom is 0.255 e. The van der Waals surface area contributed by atoms with Gasteiger partial charge in [0.15, 0.2) is 0 Å². The summed E-state index contributed by atoms with van der Waals surface area (Å²) in [5, 5.41) is 2.82. The molecule has 0 atom stereocenters. The van der Waals surface area contributed by atoms with E-state index in [0.29, 0.717) is 35.7 Å². The van der Waals surface area contributed by atoms with Gasteiger partial charge in [0.05, 0.1) is 18.4 Å². The van der Waals surface area contributed by atoms with Gasteiger partial charge in [-0.05, 0) is 48.4 Å². The number of nitrogens with one attached hydrogen (secondary N) is 1. The summed E-state index contributed by atoms with van der Waals surface area (Å²) in [4.78, 5) is 27.0. The Bertz CT molecular complexity index is 801. The predicted molar refractivity (Wildman–Crippen MR) is 107 cm³/mol. The Morgan fingerprint density at radius 2 is 1.74 bits per heavy atom. The standard InChI is InChI=1S/C21H27N3O3/c1-21(2,13-22)14-24(3)20(26)17-7-5-6-8-18(17)23-19(25)15-9-11-16(27-4)12-10-15/h5-12H,13-14,22H2,1-4H3,(H,23,25). The van der Waals surface area contributed by atoms with Crippen LogP contribution in [0.4, 0.5) is 5.69 Å². The third kappa shape index (κ3) is 5.31.